The molecule has 6 heteroatoms. The van der Waals surface area contributed by atoms with Crippen LogP contribution < -0.4 is 11.1 Å². The van der Waals surface area contributed by atoms with Crippen molar-refractivity contribution in [2.24, 2.45) is 0 Å². The molecular formula is C13H10ClIN2O2. The van der Waals surface area contributed by atoms with Gasteiger partial charge in [-0.25, -0.2) is 4.79 Å². The van der Waals surface area contributed by atoms with Gasteiger partial charge in [0.2, 0.25) is 0 Å². The maximum Gasteiger partial charge on any atom is 0.337 e. The molecule has 4 N–H and O–H groups in total. The highest BCUT2D eigenvalue weighted by Gasteiger charge is 2.12. The van der Waals surface area contributed by atoms with E-state index in [1.165, 1.54) is 6.07 Å². The summed E-state index contributed by atoms with van der Waals surface area (Å²) in [6.07, 6.45) is 0. The minimum Gasteiger partial charge on any atom is -0.478 e. The topological polar surface area (TPSA) is 75.3 Å². The molecule has 0 saturated carbocycles. The third-order valence-electron chi connectivity index (χ3n) is 2.47. The zero-order chi connectivity index (χ0) is 14.0. The molecule has 0 unspecified atom stereocenters. The maximum absolute atomic E-state index is 11.2. The van der Waals surface area contributed by atoms with Crippen molar-refractivity contribution in [1.82, 2.24) is 0 Å². The summed E-state index contributed by atoms with van der Waals surface area (Å²) in [7, 11) is 0. The van der Waals surface area contributed by atoms with E-state index in [-0.39, 0.29) is 5.56 Å². The van der Waals surface area contributed by atoms with E-state index in [0.29, 0.717) is 22.1 Å². The Bertz CT molecular complexity index is 647. The van der Waals surface area contributed by atoms with Crippen LogP contribution in [0.1, 0.15) is 10.4 Å². The van der Waals surface area contributed by atoms with Gasteiger partial charge in [0.1, 0.15) is 0 Å². The van der Waals surface area contributed by atoms with Crippen LogP contribution in [0.4, 0.5) is 17.1 Å². The van der Waals surface area contributed by atoms with Crippen molar-refractivity contribution < 1.29 is 9.90 Å². The fourth-order valence-corrected chi connectivity index (χ4v) is 2.24. The van der Waals surface area contributed by atoms with Crippen molar-refractivity contribution in [3.63, 3.8) is 0 Å². The maximum atomic E-state index is 11.2. The van der Waals surface area contributed by atoms with Crippen LogP contribution in [-0.2, 0) is 0 Å². The van der Waals surface area contributed by atoms with E-state index in [1.54, 1.807) is 18.2 Å². The molecule has 0 fully saturated rings. The number of rotatable bonds is 3. The summed E-state index contributed by atoms with van der Waals surface area (Å²) in [4.78, 5) is 11.2. The van der Waals surface area contributed by atoms with Crippen LogP contribution >= 0.6 is 34.2 Å². The Morgan fingerprint density at radius 1 is 1.21 bits per heavy atom. The van der Waals surface area contributed by atoms with Crippen molar-refractivity contribution in [2.45, 2.75) is 0 Å². The number of nitrogen functional groups attached to an aromatic ring is 1. The molecule has 4 nitrogen and oxygen atoms in total. The molecule has 2 rings (SSSR count). The molecule has 0 aliphatic heterocycles. The van der Waals surface area contributed by atoms with Crippen LogP contribution in [0.5, 0.6) is 0 Å². The van der Waals surface area contributed by atoms with Crippen molar-refractivity contribution in [3.8, 4) is 0 Å². The molecular weight excluding hydrogens is 379 g/mol. The highest BCUT2D eigenvalue weighted by Crippen LogP contribution is 2.29. The second-order valence-electron chi connectivity index (χ2n) is 3.86. The summed E-state index contributed by atoms with van der Waals surface area (Å²) in [5.41, 5.74) is 7.20. The van der Waals surface area contributed by atoms with Gasteiger partial charge in [0, 0.05) is 9.26 Å². The van der Waals surface area contributed by atoms with Gasteiger partial charge in [0.15, 0.2) is 0 Å². The number of carboxylic acids is 1. The van der Waals surface area contributed by atoms with Gasteiger partial charge in [-0.2, -0.15) is 0 Å². The first-order valence-electron chi connectivity index (χ1n) is 5.32. The van der Waals surface area contributed by atoms with Crippen LogP contribution in [-0.4, -0.2) is 11.1 Å². The van der Waals surface area contributed by atoms with Crippen LogP contribution in [0.25, 0.3) is 0 Å². The van der Waals surface area contributed by atoms with Gasteiger partial charge in [0.25, 0.3) is 0 Å². The van der Waals surface area contributed by atoms with E-state index in [0.717, 1.165) is 3.57 Å². The fraction of sp³-hybridized carbons (Fsp3) is 0. The van der Waals surface area contributed by atoms with Crippen LogP contribution in [0.2, 0.25) is 5.02 Å². The first-order chi connectivity index (χ1) is 8.97. The number of carbonyl (C=O) groups is 1. The zero-order valence-corrected chi connectivity index (χ0v) is 12.6. The Balaban J connectivity index is 2.43. The Hall–Kier alpha value is -1.47. The van der Waals surface area contributed by atoms with E-state index >= 15 is 0 Å². The number of halogens is 2. The van der Waals surface area contributed by atoms with E-state index in [2.05, 4.69) is 27.9 Å². The van der Waals surface area contributed by atoms with Gasteiger partial charge in [-0.3, -0.25) is 0 Å². The summed E-state index contributed by atoms with van der Waals surface area (Å²) in [6, 6.07) is 10.1. The summed E-state index contributed by atoms with van der Waals surface area (Å²) < 4.78 is 0.997. The second kappa shape index (κ2) is 5.66. The smallest absolute Gasteiger partial charge is 0.337 e. The first kappa shape index (κ1) is 14.0. The number of benzene rings is 2. The molecule has 0 heterocycles. The Labute approximate surface area is 128 Å². The lowest BCUT2D eigenvalue weighted by atomic mass is 10.1. The molecule has 0 saturated heterocycles. The van der Waals surface area contributed by atoms with E-state index in [4.69, 9.17) is 22.4 Å². The normalized spacial score (nSPS) is 10.2. The van der Waals surface area contributed by atoms with Gasteiger partial charge in [-0.1, -0.05) is 11.6 Å². The SMILES string of the molecule is Nc1ccc(Nc2cc(I)ccc2Cl)c(C(=O)O)c1. The lowest BCUT2D eigenvalue weighted by Crippen LogP contribution is -2.04. The molecule has 0 aliphatic rings. The lowest BCUT2D eigenvalue weighted by molar-refractivity contribution is 0.0698. The predicted molar refractivity (Wildman–Crippen MR) is 85.3 cm³/mol. The quantitative estimate of drug-likeness (QED) is 0.549. The highest BCUT2D eigenvalue weighted by molar-refractivity contribution is 14.1. The average molecular weight is 389 g/mol. The lowest BCUT2D eigenvalue weighted by Gasteiger charge is -2.12. The summed E-state index contributed by atoms with van der Waals surface area (Å²) in [5.74, 6) is -1.04. The van der Waals surface area contributed by atoms with E-state index < -0.39 is 5.97 Å². The average Bonchev–Trinajstić information content (AvgIpc) is 2.35. The number of nitrogens with two attached hydrogens (primary N) is 1. The largest absolute Gasteiger partial charge is 0.478 e. The van der Waals surface area contributed by atoms with Gasteiger partial charge < -0.3 is 16.2 Å². The number of nitrogens with one attached hydrogen (secondary N) is 1. The minimum absolute atomic E-state index is 0.106. The number of carboxylic acid groups (broad SMARTS) is 1. The summed E-state index contributed by atoms with van der Waals surface area (Å²) in [5, 5.41) is 12.7. The van der Waals surface area contributed by atoms with Gasteiger partial charge >= 0.3 is 5.97 Å². The molecule has 19 heavy (non-hydrogen) atoms. The molecule has 0 aliphatic carbocycles. The van der Waals surface area contributed by atoms with Gasteiger partial charge in [-0.15, -0.1) is 0 Å². The molecule has 0 aromatic heterocycles. The zero-order valence-electron chi connectivity index (χ0n) is 9.65. The number of aromatic carboxylic acids is 1. The van der Waals surface area contributed by atoms with Gasteiger partial charge in [-0.05, 0) is 59.0 Å². The number of hydrogen-bond donors (Lipinski definition) is 3. The molecule has 2 aromatic rings. The monoisotopic (exact) mass is 388 g/mol. The molecule has 98 valence electrons. The van der Waals surface area contributed by atoms with Crippen LogP contribution in [0, 0.1) is 3.57 Å². The standard InChI is InChI=1S/C13H10ClIN2O2/c14-10-3-1-7(15)5-12(10)17-11-4-2-8(16)6-9(11)13(18)19/h1-6,17H,16H2,(H,18,19). The third-order valence-corrected chi connectivity index (χ3v) is 3.47. The minimum atomic E-state index is -1.04. The van der Waals surface area contributed by atoms with Crippen molar-refractivity contribution in [2.75, 3.05) is 11.1 Å². The molecule has 0 radical (unpaired) electrons. The van der Waals surface area contributed by atoms with Crippen molar-refractivity contribution >= 4 is 57.2 Å². The molecule has 0 atom stereocenters. The molecule has 0 spiro atoms. The summed E-state index contributed by atoms with van der Waals surface area (Å²) in [6.45, 7) is 0. The Kier molecular flexibility index (Phi) is 4.16. The Morgan fingerprint density at radius 2 is 1.95 bits per heavy atom. The van der Waals surface area contributed by atoms with Crippen LogP contribution in [0.15, 0.2) is 36.4 Å². The second-order valence-corrected chi connectivity index (χ2v) is 5.51. The van der Waals surface area contributed by atoms with Crippen molar-refractivity contribution in [3.05, 3.63) is 50.6 Å². The van der Waals surface area contributed by atoms with E-state index in [9.17, 15) is 4.79 Å². The fourth-order valence-electron chi connectivity index (χ4n) is 1.59. The number of hydrogen-bond acceptors (Lipinski definition) is 3. The van der Waals surface area contributed by atoms with Crippen LogP contribution in [0.3, 0.4) is 0 Å². The highest BCUT2D eigenvalue weighted by atomic mass is 127. The summed E-state index contributed by atoms with van der Waals surface area (Å²) >= 11 is 8.23. The third kappa shape index (κ3) is 3.30. The van der Waals surface area contributed by atoms with Crippen molar-refractivity contribution in [1.29, 1.82) is 0 Å². The first-order valence-corrected chi connectivity index (χ1v) is 6.78. The molecule has 0 amide bonds. The van der Waals surface area contributed by atoms with E-state index in [1.807, 2.05) is 12.1 Å². The predicted octanol–water partition coefficient (Wildman–Crippen LogP) is 3.97. The Morgan fingerprint density at radius 3 is 2.63 bits per heavy atom. The molecule has 0 bridgehead atoms. The molecule has 2 aromatic carbocycles. The van der Waals surface area contributed by atoms with Gasteiger partial charge in [0.05, 0.1) is 22.0 Å². The number of anilines is 3.